The van der Waals surface area contributed by atoms with E-state index in [0.29, 0.717) is 11.4 Å². The number of imidazole rings is 1. The SMILES string of the molecule is CC(C)Oc1ccccc1/C=C(/C#N)c1nc2ccccc2[nH]1. The highest BCUT2D eigenvalue weighted by atomic mass is 16.5. The van der Waals surface area contributed by atoms with Crippen LogP contribution < -0.4 is 4.74 Å². The zero-order chi connectivity index (χ0) is 16.2. The molecule has 1 heterocycles. The minimum absolute atomic E-state index is 0.0706. The lowest BCUT2D eigenvalue weighted by atomic mass is 10.1. The average Bonchev–Trinajstić information content (AvgIpc) is 2.97. The molecule has 23 heavy (non-hydrogen) atoms. The highest BCUT2D eigenvalue weighted by molar-refractivity contribution is 5.91. The van der Waals surface area contributed by atoms with Crippen LogP contribution >= 0.6 is 0 Å². The molecule has 0 saturated heterocycles. The van der Waals surface area contributed by atoms with Gasteiger partial charge in [-0.1, -0.05) is 30.3 Å². The molecule has 0 aliphatic carbocycles. The number of fused-ring (bicyclic) bond motifs is 1. The van der Waals surface area contributed by atoms with Gasteiger partial charge in [0.15, 0.2) is 0 Å². The zero-order valence-corrected chi connectivity index (χ0v) is 13.1. The predicted molar refractivity (Wildman–Crippen MR) is 91.8 cm³/mol. The van der Waals surface area contributed by atoms with Gasteiger partial charge in [0.05, 0.1) is 22.7 Å². The van der Waals surface area contributed by atoms with Gasteiger partial charge < -0.3 is 9.72 Å². The molecule has 2 aromatic carbocycles. The molecule has 0 amide bonds. The summed E-state index contributed by atoms with van der Waals surface area (Å²) < 4.78 is 5.80. The van der Waals surface area contributed by atoms with Crippen LogP contribution in [0.1, 0.15) is 25.2 Å². The summed E-state index contributed by atoms with van der Waals surface area (Å²) >= 11 is 0. The monoisotopic (exact) mass is 303 g/mol. The summed E-state index contributed by atoms with van der Waals surface area (Å²) in [7, 11) is 0. The fraction of sp³-hybridized carbons (Fsp3) is 0.158. The van der Waals surface area contributed by atoms with Crippen molar-refractivity contribution in [3.8, 4) is 11.8 Å². The molecular weight excluding hydrogens is 286 g/mol. The normalized spacial score (nSPS) is 11.7. The van der Waals surface area contributed by atoms with E-state index in [9.17, 15) is 5.26 Å². The first-order valence-electron chi connectivity index (χ1n) is 7.50. The minimum atomic E-state index is 0.0706. The number of hydrogen-bond acceptors (Lipinski definition) is 3. The molecule has 3 aromatic rings. The molecule has 0 aliphatic rings. The summed E-state index contributed by atoms with van der Waals surface area (Å²) in [5.74, 6) is 1.32. The molecule has 1 N–H and O–H groups in total. The van der Waals surface area contributed by atoms with Crippen LogP contribution in [0.3, 0.4) is 0 Å². The second-order valence-corrected chi connectivity index (χ2v) is 5.48. The molecule has 0 aliphatic heterocycles. The molecule has 0 radical (unpaired) electrons. The molecule has 114 valence electrons. The van der Waals surface area contributed by atoms with E-state index in [1.54, 1.807) is 6.08 Å². The van der Waals surface area contributed by atoms with Gasteiger partial charge in [-0.25, -0.2) is 4.98 Å². The first-order valence-corrected chi connectivity index (χ1v) is 7.50. The van der Waals surface area contributed by atoms with Crippen LogP contribution in [0.15, 0.2) is 48.5 Å². The lowest BCUT2D eigenvalue weighted by Gasteiger charge is -2.12. The van der Waals surface area contributed by atoms with Crippen LogP contribution in [0, 0.1) is 11.3 Å². The number of hydrogen-bond donors (Lipinski definition) is 1. The van der Waals surface area contributed by atoms with E-state index in [1.165, 1.54) is 0 Å². The second kappa shape index (κ2) is 6.37. The molecule has 1 aromatic heterocycles. The lowest BCUT2D eigenvalue weighted by Crippen LogP contribution is -2.06. The number of nitrogens with zero attached hydrogens (tertiary/aromatic N) is 2. The van der Waals surface area contributed by atoms with Crippen molar-refractivity contribution < 1.29 is 4.74 Å². The summed E-state index contributed by atoms with van der Waals surface area (Å²) in [6.45, 7) is 3.95. The third kappa shape index (κ3) is 3.24. The molecule has 0 bridgehead atoms. The number of aromatic nitrogens is 2. The smallest absolute Gasteiger partial charge is 0.149 e. The third-order valence-corrected chi connectivity index (χ3v) is 3.35. The fourth-order valence-electron chi connectivity index (χ4n) is 2.35. The van der Waals surface area contributed by atoms with Crippen LogP contribution in [-0.4, -0.2) is 16.1 Å². The van der Waals surface area contributed by atoms with E-state index in [4.69, 9.17) is 4.74 Å². The van der Waals surface area contributed by atoms with Crippen molar-refractivity contribution in [2.75, 3.05) is 0 Å². The molecule has 0 saturated carbocycles. The Morgan fingerprint density at radius 1 is 1.17 bits per heavy atom. The lowest BCUT2D eigenvalue weighted by molar-refractivity contribution is 0.242. The van der Waals surface area contributed by atoms with E-state index < -0.39 is 0 Å². The Morgan fingerprint density at radius 2 is 1.91 bits per heavy atom. The zero-order valence-electron chi connectivity index (χ0n) is 13.1. The van der Waals surface area contributed by atoms with Crippen molar-refractivity contribution >= 4 is 22.7 Å². The summed E-state index contributed by atoms with van der Waals surface area (Å²) in [5.41, 5.74) is 3.09. The topological polar surface area (TPSA) is 61.7 Å². The van der Waals surface area contributed by atoms with Gasteiger partial charge in [-0.15, -0.1) is 0 Å². The maximum absolute atomic E-state index is 9.52. The van der Waals surface area contributed by atoms with E-state index in [2.05, 4.69) is 16.0 Å². The van der Waals surface area contributed by atoms with Crippen molar-refractivity contribution in [3.63, 3.8) is 0 Å². The molecule has 0 fully saturated rings. The highest BCUT2D eigenvalue weighted by Crippen LogP contribution is 2.25. The Hall–Kier alpha value is -3.06. The number of aromatic amines is 1. The van der Waals surface area contributed by atoms with E-state index in [1.807, 2.05) is 62.4 Å². The number of ether oxygens (including phenoxy) is 1. The van der Waals surface area contributed by atoms with E-state index in [0.717, 1.165) is 22.3 Å². The maximum Gasteiger partial charge on any atom is 0.149 e. The van der Waals surface area contributed by atoms with Gasteiger partial charge in [0.2, 0.25) is 0 Å². The number of H-pyrrole nitrogens is 1. The molecule has 0 atom stereocenters. The molecule has 4 nitrogen and oxygen atoms in total. The van der Waals surface area contributed by atoms with Crippen molar-refractivity contribution in [1.29, 1.82) is 5.26 Å². The molecular formula is C19H17N3O. The summed E-state index contributed by atoms with van der Waals surface area (Å²) in [6, 6.07) is 17.6. The van der Waals surface area contributed by atoms with Crippen molar-refractivity contribution in [2.24, 2.45) is 0 Å². The van der Waals surface area contributed by atoms with Gasteiger partial charge in [0.25, 0.3) is 0 Å². The van der Waals surface area contributed by atoms with E-state index >= 15 is 0 Å². The van der Waals surface area contributed by atoms with Gasteiger partial charge in [0, 0.05) is 5.56 Å². The van der Waals surface area contributed by atoms with Gasteiger partial charge in [-0.05, 0) is 38.1 Å². The average molecular weight is 303 g/mol. The number of rotatable bonds is 4. The molecule has 3 rings (SSSR count). The first-order chi connectivity index (χ1) is 11.2. The highest BCUT2D eigenvalue weighted by Gasteiger charge is 2.10. The summed E-state index contributed by atoms with van der Waals surface area (Å²) in [4.78, 5) is 7.67. The van der Waals surface area contributed by atoms with Crippen molar-refractivity contribution in [3.05, 3.63) is 59.9 Å². The number of nitriles is 1. The third-order valence-electron chi connectivity index (χ3n) is 3.35. The van der Waals surface area contributed by atoms with Crippen LogP contribution in [0.5, 0.6) is 5.75 Å². The Bertz CT molecular complexity index is 867. The van der Waals surface area contributed by atoms with Gasteiger partial charge in [-0.2, -0.15) is 5.26 Å². The Kier molecular flexibility index (Phi) is 4.11. The minimum Gasteiger partial charge on any atom is -0.490 e. The molecule has 0 unspecified atom stereocenters. The van der Waals surface area contributed by atoms with Crippen LogP contribution in [0.25, 0.3) is 22.7 Å². The number of nitrogens with one attached hydrogen (secondary N) is 1. The van der Waals surface area contributed by atoms with Crippen LogP contribution in [0.2, 0.25) is 0 Å². The number of para-hydroxylation sites is 3. The number of allylic oxidation sites excluding steroid dienone is 1. The maximum atomic E-state index is 9.52. The van der Waals surface area contributed by atoms with E-state index in [-0.39, 0.29) is 6.10 Å². The van der Waals surface area contributed by atoms with Gasteiger partial charge >= 0.3 is 0 Å². The van der Waals surface area contributed by atoms with Gasteiger partial charge in [-0.3, -0.25) is 0 Å². The summed E-state index contributed by atoms with van der Waals surface area (Å²) in [6.07, 6.45) is 1.87. The van der Waals surface area contributed by atoms with Crippen LogP contribution in [-0.2, 0) is 0 Å². The molecule has 4 heteroatoms. The Labute approximate surface area is 135 Å². The fourth-order valence-corrected chi connectivity index (χ4v) is 2.35. The predicted octanol–water partition coefficient (Wildman–Crippen LogP) is 4.41. The van der Waals surface area contributed by atoms with Crippen molar-refractivity contribution in [2.45, 2.75) is 20.0 Å². The number of benzene rings is 2. The van der Waals surface area contributed by atoms with Crippen LogP contribution in [0.4, 0.5) is 0 Å². The summed E-state index contributed by atoms with van der Waals surface area (Å²) in [5, 5.41) is 9.52. The second-order valence-electron chi connectivity index (χ2n) is 5.48. The Morgan fingerprint density at radius 3 is 2.65 bits per heavy atom. The largest absolute Gasteiger partial charge is 0.490 e. The first kappa shape index (κ1) is 14.9. The standard InChI is InChI=1S/C19H17N3O/c1-13(2)23-18-10-6-3-7-14(18)11-15(12-20)19-21-16-8-4-5-9-17(16)22-19/h3-11,13H,1-2H3,(H,21,22)/b15-11-. The quantitative estimate of drug-likeness (QED) is 0.726. The molecule has 0 spiro atoms. The van der Waals surface area contributed by atoms with Gasteiger partial charge in [0.1, 0.15) is 17.6 Å². The van der Waals surface area contributed by atoms with Crippen molar-refractivity contribution in [1.82, 2.24) is 9.97 Å². The Balaban J connectivity index is 2.04.